The minimum absolute atomic E-state index is 0.559. The lowest BCUT2D eigenvalue weighted by atomic mass is 9.78. The maximum atomic E-state index is 11.5. The number of carbonyl (C=O) groups excluding carboxylic acids is 1. The minimum Gasteiger partial charge on any atom is -0.312 e. The van der Waals surface area contributed by atoms with Gasteiger partial charge < -0.3 is 10.2 Å². The summed E-state index contributed by atoms with van der Waals surface area (Å²) >= 11 is 6.14. The molecule has 18 heavy (non-hydrogen) atoms. The van der Waals surface area contributed by atoms with Crippen LogP contribution in [0, 0.1) is 5.41 Å². The first-order valence-electron chi connectivity index (χ1n) is 6.43. The van der Waals surface area contributed by atoms with E-state index in [0.29, 0.717) is 11.4 Å². The van der Waals surface area contributed by atoms with Gasteiger partial charge in [-0.15, -0.1) is 0 Å². The van der Waals surface area contributed by atoms with Crippen LogP contribution in [0.25, 0.3) is 0 Å². The number of rotatable bonds is 8. The summed E-state index contributed by atoms with van der Waals surface area (Å²) in [5.41, 5.74) is -0.111. The Hall–Kier alpha value is -1.15. The van der Waals surface area contributed by atoms with Gasteiger partial charge >= 0.3 is 0 Å². The maximum Gasteiger partial charge on any atom is 0.135 e. The molecule has 0 heterocycles. The first-order valence-corrected chi connectivity index (χ1v) is 6.81. The van der Waals surface area contributed by atoms with Gasteiger partial charge in [0.1, 0.15) is 6.29 Å². The zero-order chi connectivity index (χ0) is 13.4. The molecule has 0 aliphatic heterocycles. The van der Waals surface area contributed by atoms with E-state index in [0.717, 1.165) is 37.5 Å². The summed E-state index contributed by atoms with van der Waals surface area (Å²) in [4.78, 5) is 11.5. The molecule has 0 saturated heterocycles. The molecular formula is C15H20ClNO. The second-order valence-corrected chi connectivity index (χ2v) is 5.00. The molecule has 1 unspecified atom stereocenters. The van der Waals surface area contributed by atoms with E-state index in [-0.39, 0.29) is 0 Å². The number of nitrogens with one attached hydrogen (secondary N) is 1. The van der Waals surface area contributed by atoms with E-state index in [1.54, 1.807) is 6.07 Å². The molecule has 0 radical (unpaired) electrons. The van der Waals surface area contributed by atoms with E-state index in [4.69, 9.17) is 17.0 Å². The Bertz CT molecular complexity index is 395. The summed E-state index contributed by atoms with van der Waals surface area (Å²) in [6.07, 6.45) is 7.09. The molecule has 98 valence electrons. The number of benzene rings is 1. The lowest BCUT2D eigenvalue weighted by Crippen LogP contribution is -2.30. The molecule has 1 N–H and O–H groups in total. The van der Waals surface area contributed by atoms with E-state index in [1.165, 1.54) is 6.21 Å². The smallest absolute Gasteiger partial charge is 0.135 e. The van der Waals surface area contributed by atoms with Gasteiger partial charge in [0.05, 0.1) is 5.41 Å². The largest absolute Gasteiger partial charge is 0.312 e. The normalized spacial score (nSPS) is 13.9. The number of aldehydes is 1. The van der Waals surface area contributed by atoms with E-state index in [1.807, 2.05) is 18.2 Å². The van der Waals surface area contributed by atoms with Crippen molar-refractivity contribution in [2.24, 2.45) is 0 Å². The van der Waals surface area contributed by atoms with Crippen LogP contribution in [0.15, 0.2) is 24.3 Å². The predicted molar refractivity (Wildman–Crippen MR) is 76.7 cm³/mol. The van der Waals surface area contributed by atoms with Crippen LogP contribution < -0.4 is 0 Å². The zero-order valence-corrected chi connectivity index (χ0v) is 11.5. The van der Waals surface area contributed by atoms with E-state index < -0.39 is 5.41 Å². The number of hydrogen-bond donors (Lipinski definition) is 1. The number of halogens is 1. The molecule has 3 heteroatoms. The third-order valence-corrected chi connectivity index (χ3v) is 3.62. The predicted octanol–water partition coefficient (Wildman–Crippen LogP) is 4.40. The Morgan fingerprint density at radius 3 is 2.56 bits per heavy atom. The fourth-order valence-electron chi connectivity index (χ4n) is 2.12. The van der Waals surface area contributed by atoms with Crippen LogP contribution in [0.4, 0.5) is 0 Å². The summed E-state index contributed by atoms with van der Waals surface area (Å²) in [5, 5.41) is 8.17. The van der Waals surface area contributed by atoms with Crippen LogP contribution in [0.2, 0.25) is 5.02 Å². The van der Waals surface area contributed by atoms with E-state index >= 15 is 0 Å². The molecule has 0 aliphatic rings. The maximum absolute atomic E-state index is 11.5. The standard InChI is InChI=1S/C15H20ClNO/c1-2-3-4-7-10-15(11-17,12-18)13-8-5-6-9-14(13)16/h5-6,8-9,11-12,17H,2-4,7,10H2,1H3. The summed E-state index contributed by atoms with van der Waals surface area (Å²) in [5.74, 6) is 0. The quantitative estimate of drug-likeness (QED) is 0.423. The van der Waals surface area contributed by atoms with Gasteiger partial charge in [-0.25, -0.2) is 0 Å². The van der Waals surface area contributed by atoms with Crippen molar-refractivity contribution in [3.8, 4) is 0 Å². The molecule has 0 amide bonds. The van der Waals surface area contributed by atoms with Gasteiger partial charge in [-0.05, 0) is 18.1 Å². The van der Waals surface area contributed by atoms with Gasteiger partial charge in [0.15, 0.2) is 0 Å². The number of carbonyl (C=O) groups is 1. The van der Waals surface area contributed by atoms with Gasteiger partial charge in [-0.2, -0.15) is 0 Å². The summed E-state index contributed by atoms with van der Waals surface area (Å²) < 4.78 is 0. The first kappa shape index (κ1) is 14.9. The summed E-state index contributed by atoms with van der Waals surface area (Å²) in [7, 11) is 0. The van der Waals surface area contributed by atoms with E-state index in [2.05, 4.69) is 6.92 Å². The van der Waals surface area contributed by atoms with Crippen LogP contribution in [-0.4, -0.2) is 12.5 Å². The molecule has 0 fully saturated rings. The van der Waals surface area contributed by atoms with Gasteiger partial charge in [-0.1, -0.05) is 62.4 Å². The first-order chi connectivity index (χ1) is 8.70. The van der Waals surface area contributed by atoms with E-state index in [9.17, 15) is 4.79 Å². The molecule has 0 bridgehead atoms. The van der Waals surface area contributed by atoms with Gasteiger partial charge in [0.25, 0.3) is 0 Å². The lowest BCUT2D eigenvalue weighted by Gasteiger charge is -2.24. The van der Waals surface area contributed by atoms with Crippen molar-refractivity contribution in [1.29, 1.82) is 5.41 Å². The Balaban J connectivity index is 2.90. The molecular weight excluding hydrogens is 246 g/mol. The third-order valence-electron chi connectivity index (χ3n) is 3.29. The zero-order valence-electron chi connectivity index (χ0n) is 10.8. The highest BCUT2D eigenvalue weighted by molar-refractivity contribution is 6.32. The monoisotopic (exact) mass is 265 g/mol. The second kappa shape index (κ2) is 7.32. The Kier molecular flexibility index (Phi) is 6.06. The van der Waals surface area contributed by atoms with Crippen molar-refractivity contribution in [3.05, 3.63) is 34.9 Å². The molecule has 2 nitrogen and oxygen atoms in total. The third kappa shape index (κ3) is 3.42. The second-order valence-electron chi connectivity index (χ2n) is 4.59. The fraction of sp³-hybridized carbons (Fsp3) is 0.467. The summed E-state index contributed by atoms with van der Waals surface area (Å²) in [6, 6.07) is 7.30. The Labute approximate surface area is 114 Å². The highest BCUT2D eigenvalue weighted by Gasteiger charge is 2.30. The van der Waals surface area contributed by atoms with Gasteiger partial charge in [0.2, 0.25) is 0 Å². The summed E-state index contributed by atoms with van der Waals surface area (Å²) in [6.45, 7) is 2.15. The fourth-order valence-corrected chi connectivity index (χ4v) is 2.44. The molecule has 1 atom stereocenters. The highest BCUT2D eigenvalue weighted by Crippen LogP contribution is 2.31. The molecule has 1 rings (SSSR count). The van der Waals surface area contributed by atoms with Crippen LogP contribution in [0.3, 0.4) is 0 Å². The molecule has 0 aliphatic carbocycles. The minimum atomic E-state index is -0.855. The number of unbranched alkanes of at least 4 members (excludes halogenated alkanes) is 3. The highest BCUT2D eigenvalue weighted by atomic mass is 35.5. The van der Waals surface area contributed by atoms with Crippen molar-refractivity contribution < 1.29 is 4.79 Å². The van der Waals surface area contributed by atoms with Crippen LogP contribution in [-0.2, 0) is 10.2 Å². The van der Waals surface area contributed by atoms with Crippen LogP contribution >= 0.6 is 11.6 Å². The lowest BCUT2D eigenvalue weighted by molar-refractivity contribution is -0.110. The van der Waals surface area contributed by atoms with Crippen molar-refractivity contribution in [3.63, 3.8) is 0 Å². The van der Waals surface area contributed by atoms with Crippen LogP contribution in [0.5, 0.6) is 0 Å². The molecule has 0 aromatic heterocycles. The number of hydrogen-bond acceptors (Lipinski definition) is 2. The van der Waals surface area contributed by atoms with Gasteiger partial charge in [-0.3, -0.25) is 0 Å². The van der Waals surface area contributed by atoms with Crippen molar-refractivity contribution in [1.82, 2.24) is 0 Å². The Morgan fingerprint density at radius 1 is 1.28 bits per heavy atom. The molecule has 0 spiro atoms. The van der Waals surface area contributed by atoms with Crippen molar-refractivity contribution in [2.45, 2.75) is 44.4 Å². The van der Waals surface area contributed by atoms with Crippen molar-refractivity contribution >= 4 is 24.1 Å². The molecule has 1 aromatic rings. The van der Waals surface area contributed by atoms with Gasteiger partial charge in [0, 0.05) is 11.2 Å². The molecule has 1 aromatic carbocycles. The average molecular weight is 266 g/mol. The Morgan fingerprint density at radius 2 is 2.00 bits per heavy atom. The topological polar surface area (TPSA) is 40.9 Å². The average Bonchev–Trinajstić information content (AvgIpc) is 2.41. The SMILES string of the molecule is CCCCCCC(C=N)(C=O)c1ccccc1Cl. The van der Waals surface area contributed by atoms with Crippen LogP contribution in [0.1, 0.15) is 44.6 Å². The van der Waals surface area contributed by atoms with Crippen molar-refractivity contribution in [2.75, 3.05) is 0 Å². The molecule has 0 saturated carbocycles.